The first-order valence-electron chi connectivity index (χ1n) is 6.58. The third-order valence-corrected chi connectivity index (χ3v) is 5.80. The third kappa shape index (κ3) is 2.72. The average Bonchev–Trinajstić information content (AvgIpc) is 2.98. The zero-order valence-electron chi connectivity index (χ0n) is 11.4. The molecule has 2 aromatic rings. The minimum atomic E-state index is -3.77. The summed E-state index contributed by atoms with van der Waals surface area (Å²) in [6.45, 7) is 0.722. The van der Waals surface area contributed by atoms with Crippen LogP contribution >= 0.6 is 23.2 Å². The van der Waals surface area contributed by atoms with Crippen LogP contribution in [-0.2, 0) is 10.0 Å². The number of nitrogens with zero attached hydrogens (tertiary/aromatic N) is 2. The Hall–Kier alpha value is -1.56. The standard InChI is InChI=1S/C15H12Cl2N2O2S/c16-12-6-7-14(13(17)10-12)22(20,21)19-9-8-18-15(19)11-4-2-1-3-5-11/h1-7,10H,8-9H2. The summed E-state index contributed by atoms with van der Waals surface area (Å²) in [5.74, 6) is 0.437. The number of aliphatic imine (C=N–C) groups is 1. The van der Waals surface area contributed by atoms with E-state index in [2.05, 4.69) is 4.99 Å². The Labute approximate surface area is 139 Å². The second-order valence-corrected chi connectivity index (χ2v) is 7.40. The maximum atomic E-state index is 12.9. The monoisotopic (exact) mass is 354 g/mol. The lowest BCUT2D eigenvalue weighted by atomic mass is 10.2. The van der Waals surface area contributed by atoms with Crippen molar-refractivity contribution in [3.8, 4) is 0 Å². The van der Waals surface area contributed by atoms with E-state index >= 15 is 0 Å². The van der Waals surface area contributed by atoms with E-state index in [1.807, 2.05) is 30.3 Å². The molecule has 0 aromatic heterocycles. The third-order valence-electron chi connectivity index (χ3n) is 3.29. The quantitative estimate of drug-likeness (QED) is 0.847. The molecule has 0 spiro atoms. The van der Waals surface area contributed by atoms with E-state index in [0.717, 1.165) is 5.56 Å². The van der Waals surface area contributed by atoms with E-state index in [9.17, 15) is 8.42 Å². The number of amidine groups is 1. The lowest BCUT2D eigenvalue weighted by Crippen LogP contribution is -2.35. The first-order chi connectivity index (χ1) is 10.5. The first-order valence-corrected chi connectivity index (χ1v) is 8.77. The number of sulfonamides is 1. The smallest absolute Gasteiger partial charge is 0.265 e. The number of benzene rings is 2. The van der Waals surface area contributed by atoms with Crippen LogP contribution in [0.4, 0.5) is 0 Å². The summed E-state index contributed by atoms with van der Waals surface area (Å²) < 4.78 is 27.0. The number of halogens is 2. The Balaban J connectivity index is 2.04. The fourth-order valence-corrected chi connectivity index (χ4v) is 4.49. The number of rotatable bonds is 3. The normalized spacial score (nSPS) is 15.0. The molecular formula is C15H12Cl2N2O2S. The zero-order valence-corrected chi connectivity index (χ0v) is 13.7. The van der Waals surface area contributed by atoms with Crippen molar-refractivity contribution in [1.82, 2.24) is 4.31 Å². The van der Waals surface area contributed by atoms with Crippen molar-refractivity contribution in [1.29, 1.82) is 0 Å². The molecule has 0 bridgehead atoms. The minimum absolute atomic E-state index is 0.0316. The van der Waals surface area contributed by atoms with E-state index in [1.54, 1.807) is 0 Å². The van der Waals surface area contributed by atoms with Crippen molar-refractivity contribution < 1.29 is 8.42 Å². The maximum absolute atomic E-state index is 12.9. The molecule has 0 amide bonds. The van der Waals surface area contributed by atoms with Gasteiger partial charge in [0.1, 0.15) is 10.7 Å². The molecule has 2 aromatic carbocycles. The predicted octanol–water partition coefficient (Wildman–Crippen LogP) is 3.44. The van der Waals surface area contributed by atoms with Gasteiger partial charge in [-0.2, -0.15) is 0 Å². The van der Waals surface area contributed by atoms with Gasteiger partial charge in [0.05, 0.1) is 18.1 Å². The second-order valence-electron chi connectivity index (χ2n) is 4.72. The van der Waals surface area contributed by atoms with Gasteiger partial charge in [-0.15, -0.1) is 0 Å². The molecule has 1 aliphatic heterocycles. The van der Waals surface area contributed by atoms with Crippen LogP contribution in [0.15, 0.2) is 58.4 Å². The van der Waals surface area contributed by atoms with Crippen LogP contribution in [0.1, 0.15) is 5.56 Å². The van der Waals surface area contributed by atoms with Crippen LogP contribution in [0.3, 0.4) is 0 Å². The van der Waals surface area contributed by atoms with Crippen molar-refractivity contribution >= 4 is 39.1 Å². The number of hydrogen-bond acceptors (Lipinski definition) is 3. The van der Waals surface area contributed by atoms with Crippen molar-refractivity contribution in [2.45, 2.75) is 4.90 Å². The fourth-order valence-electron chi connectivity index (χ4n) is 2.29. The van der Waals surface area contributed by atoms with Crippen LogP contribution < -0.4 is 0 Å². The molecule has 0 aliphatic carbocycles. The van der Waals surface area contributed by atoms with Gasteiger partial charge in [0.25, 0.3) is 10.0 Å². The van der Waals surface area contributed by atoms with Gasteiger partial charge in [0, 0.05) is 10.6 Å². The average molecular weight is 355 g/mol. The molecule has 3 rings (SSSR count). The minimum Gasteiger partial charge on any atom is -0.265 e. The Morgan fingerprint density at radius 2 is 1.77 bits per heavy atom. The largest absolute Gasteiger partial charge is 0.267 e. The molecule has 114 valence electrons. The van der Waals surface area contributed by atoms with Crippen molar-refractivity contribution in [2.24, 2.45) is 4.99 Å². The van der Waals surface area contributed by atoms with Crippen LogP contribution in [0, 0.1) is 0 Å². The topological polar surface area (TPSA) is 49.7 Å². The van der Waals surface area contributed by atoms with E-state index in [-0.39, 0.29) is 9.92 Å². The van der Waals surface area contributed by atoms with E-state index in [4.69, 9.17) is 23.2 Å². The molecule has 4 nitrogen and oxygen atoms in total. The lowest BCUT2D eigenvalue weighted by molar-refractivity contribution is 0.538. The zero-order chi connectivity index (χ0) is 15.7. The Morgan fingerprint density at radius 3 is 2.45 bits per heavy atom. The summed E-state index contributed by atoms with van der Waals surface area (Å²) in [5.41, 5.74) is 0.758. The van der Waals surface area contributed by atoms with Crippen molar-refractivity contribution in [3.05, 3.63) is 64.1 Å². The highest BCUT2D eigenvalue weighted by molar-refractivity contribution is 7.89. The highest BCUT2D eigenvalue weighted by Gasteiger charge is 2.32. The maximum Gasteiger partial charge on any atom is 0.267 e. The van der Waals surface area contributed by atoms with Gasteiger partial charge in [0.15, 0.2) is 0 Å². The highest BCUT2D eigenvalue weighted by atomic mass is 35.5. The van der Waals surface area contributed by atoms with Crippen LogP contribution in [0.5, 0.6) is 0 Å². The Bertz CT molecular complexity index is 836. The summed E-state index contributed by atoms with van der Waals surface area (Å²) in [7, 11) is -3.77. The summed E-state index contributed by atoms with van der Waals surface area (Å²) >= 11 is 11.9. The van der Waals surface area contributed by atoms with Gasteiger partial charge in [0.2, 0.25) is 0 Å². The first kappa shape index (κ1) is 15.3. The molecule has 0 saturated carbocycles. The Kier molecular flexibility index (Phi) is 4.12. The molecular weight excluding hydrogens is 343 g/mol. The summed E-state index contributed by atoms with van der Waals surface area (Å²) in [4.78, 5) is 4.35. The molecule has 7 heteroatoms. The molecule has 1 aliphatic rings. The van der Waals surface area contributed by atoms with E-state index in [1.165, 1.54) is 22.5 Å². The summed E-state index contributed by atoms with van der Waals surface area (Å²) in [6, 6.07) is 13.6. The fraction of sp³-hybridized carbons (Fsp3) is 0.133. The molecule has 0 fully saturated rings. The molecule has 1 heterocycles. The predicted molar refractivity (Wildman–Crippen MR) is 88.2 cm³/mol. The van der Waals surface area contributed by atoms with Crippen LogP contribution in [0.2, 0.25) is 10.0 Å². The van der Waals surface area contributed by atoms with Gasteiger partial charge in [-0.25, -0.2) is 12.7 Å². The second kappa shape index (κ2) is 5.91. The molecule has 0 unspecified atom stereocenters. The number of hydrogen-bond donors (Lipinski definition) is 0. The molecule has 0 atom stereocenters. The van der Waals surface area contributed by atoms with E-state index < -0.39 is 10.0 Å². The molecule has 22 heavy (non-hydrogen) atoms. The van der Waals surface area contributed by atoms with Gasteiger partial charge >= 0.3 is 0 Å². The Morgan fingerprint density at radius 1 is 1.05 bits per heavy atom. The van der Waals surface area contributed by atoms with Gasteiger partial charge in [-0.3, -0.25) is 4.99 Å². The summed E-state index contributed by atoms with van der Waals surface area (Å²) in [5, 5.41) is 0.495. The highest BCUT2D eigenvalue weighted by Crippen LogP contribution is 2.29. The molecule has 0 saturated heterocycles. The van der Waals surface area contributed by atoms with Crippen molar-refractivity contribution in [3.63, 3.8) is 0 Å². The lowest BCUT2D eigenvalue weighted by Gasteiger charge is -2.21. The molecule has 0 radical (unpaired) electrons. The SMILES string of the molecule is O=S(=O)(c1ccc(Cl)cc1Cl)N1CCN=C1c1ccccc1. The van der Waals surface area contributed by atoms with Crippen LogP contribution in [-0.4, -0.2) is 31.6 Å². The van der Waals surface area contributed by atoms with Gasteiger partial charge in [-0.1, -0.05) is 53.5 Å². The van der Waals surface area contributed by atoms with Gasteiger partial charge < -0.3 is 0 Å². The van der Waals surface area contributed by atoms with Crippen LogP contribution in [0.25, 0.3) is 0 Å². The van der Waals surface area contributed by atoms with E-state index in [0.29, 0.717) is 23.9 Å². The molecule has 0 N–H and O–H groups in total. The summed E-state index contributed by atoms with van der Waals surface area (Å²) in [6.07, 6.45) is 0. The van der Waals surface area contributed by atoms with Crippen molar-refractivity contribution in [2.75, 3.05) is 13.1 Å². The van der Waals surface area contributed by atoms with Gasteiger partial charge in [-0.05, 0) is 18.2 Å².